The molecule has 1 aliphatic heterocycles. The molecule has 0 aliphatic carbocycles. The van der Waals surface area contributed by atoms with E-state index in [1.807, 2.05) is 0 Å². The van der Waals surface area contributed by atoms with Crippen LogP contribution in [0, 0.1) is 12.7 Å². The summed E-state index contributed by atoms with van der Waals surface area (Å²) in [5, 5.41) is 0. The van der Waals surface area contributed by atoms with Crippen molar-refractivity contribution in [1.82, 2.24) is 0 Å². The summed E-state index contributed by atoms with van der Waals surface area (Å²) in [6.07, 6.45) is -6.82. The van der Waals surface area contributed by atoms with Gasteiger partial charge in [0.15, 0.2) is 6.10 Å². The molecule has 0 spiro atoms. The van der Waals surface area contributed by atoms with E-state index < -0.39 is 18.1 Å². The molecule has 0 amide bonds. The van der Waals surface area contributed by atoms with Crippen LogP contribution < -0.4 is 0 Å². The van der Waals surface area contributed by atoms with Crippen molar-refractivity contribution in [2.75, 3.05) is 13.2 Å². The van der Waals surface area contributed by atoms with Crippen molar-refractivity contribution < 1.29 is 27.0 Å². The van der Waals surface area contributed by atoms with Crippen molar-refractivity contribution in [3.05, 3.63) is 35.1 Å². The first-order valence-corrected chi connectivity index (χ1v) is 5.44. The largest absolute Gasteiger partial charge is 0.418 e. The monoisotopic (exact) mass is 264 g/mol. The van der Waals surface area contributed by atoms with E-state index in [2.05, 4.69) is 0 Å². The minimum absolute atomic E-state index is 0.0953. The summed E-state index contributed by atoms with van der Waals surface area (Å²) in [5.41, 5.74) is 0.0649. The summed E-state index contributed by atoms with van der Waals surface area (Å²) in [4.78, 5) is 0. The highest BCUT2D eigenvalue weighted by atomic mass is 19.4. The Balaban J connectivity index is 2.17. The molecule has 0 saturated carbocycles. The smallest absolute Gasteiger partial charge is 0.371 e. The number of hydrogen-bond donors (Lipinski definition) is 0. The summed E-state index contributed by atoms with van der Waals surface area (Å²) < 4.78 is 61.2. The number of hydrogen-bond acceptors (Lipinski definition) is 2. The third-order valence-electron chi connectivity index (χ3n) is 2.63. The van der Waals surface area contributed by atoms with Gasteiger partial charge in [-0.25, -0.2) is 4.39 Å². The lowest BCUT2D eigenvalue weighted by Gasteiger charge is -2.21. The van der Waals surface area contributed by atoms with Gasteiger partial charge >= 0.3 is 6.18 Å². The van der Waals surface area contributed by atoms with Gasteiger partial charge in [0, 0.05) is 0 Å². The van der Waals surface area contributed by atoms with E-state index in [1.54, 1.807) is 0 Å². The minimum atomic E-state index is -4.53. The highest BCUT2D eigenvalue weighted by molar-refractivity contribution is 5.26. The summed E-state index contributed by atoms with van der Waals surface area (Å²) in [5.74, 6) is -0.537. The van der Waals surface area contributed by atoms with Crippen molar-refractivity contribution >= 4 is 0 Å². The van der Waals surface area contributed by atoms with Crippen LogP contribution in [0.2, 0.25) is 0 Å². The number of ether oxygens (including phenoxy) is 2. The van der Waals surface area contributed by atoms with E-state index in [1.165, 1.54) is 6.92 Å². The lowest BCUT2D eigenvalue weighted by molar-refractivity contribution is -0.224. The van der Waals surface area contributed by atoms with Crippen LogP contribution in [-0.2, 0) is 9.47 Å². The molecule has 1 saturated heterocycles. The summed E-state index contributed by atoms with van der Waals surface area (Å²) in [6.45, 7) is 1.73. The third-order valence-corrected chi connectivity index (χ3v) is 2.63. The molecule has 1 heterocycles. The first-order valence-electron chi connectivity index (χ1n) is 5.44. The molecule has 0 radical (unpaired) electrons. The van der Waals surface area contributed by atoms with E-state index in [9.17, 15) is 17.6 Å². The van der Waals surface area contributed by atoms with Crippen molar-refractivity contribution in [3.8, 4) is 0 Å². The van der Waals surface area contributed by atoms with Gasteiger partial charge < -0.3 is 9.47 Å². The van der Waals surface area contributed by atoms with Crippen molar-refractivity contribution in [2.45, 2.75) is 25.3 Å². The van der Waals surface area contributed by atoms with Crippen molar-refractivity contribution in [2.24, 2.45) is 0 Å². The maximum Gasteiger partial charge on any atom is 0.418 e. The van der Waals surface area contributed by atoms with Crippen LogP contribution in [0.25, 0.3) is 0 Å². The predicted molar refractivity (Wildman–Crippen MR) is 55.6 cm³/mol. The quantitative estimate of drug-likeness (QED) is 0.615. The van der Waals surface area contributed by atoms with Gasteiger partial charge in [-0.3, -0.25) is 0 Å². The Morgan fingerprint density at radius 3 is 2.61 bits per heavy atom. The zero-order valence-corrected chi connectivity index (χ0v) is 9.63. The first-order chi connectivity index (χ1) is 8.38. The second kappa shape index (κ2) is 4.85. The van der Waals surface area contributed by atoms with Crippen LogP contribution in [-0.4, -0.2) is 25.5 Å². The van der Waals surface area contributed by atoms with Crippen LogP contribution in [0.4, 0.5) is 17.6 Å². The zero-order chi connectivity index (χ0) is 13.3. The normalized spacial score (nSPS) is 20.8. The molecule has 0 unspecified atom stereocenters. The third kappa shape index (κ3) is 3.20. The van der Waals surface area contributed by atoms with Crippen LogP contribution >= 0.6 is 0 Å². The SMILES string of the molecule is Cc1cc([C@@H](OC[C@@H]2CO2)C(F)(F)F)ccc1F. The van der Waals surface area contributed by atoms with E-state index >= 15 is 0 Å². The minimum Gasteiger partial charge on any atom is -0.371 e. The number of benzene rings is 1. The van der Waals surface area contributed by atoms with Gasteiger partial charge in [-0.05, 0) is 24.1 Å². The maximum absolute atomic E-state index is 13.0. The highest BCUT2D eigenvalue weighted by Crippen LogP contribution is 2.37. The van der Waals surface area contributed by atoms with Gasteiger partial charge in [0.05, 0.1) is 13.2 Å². The topological polar surface area (TPSA) is 21.8 Å². The average Bonchev–Trinajstić information content (AvgIpc) is 3.05. The van der Waals surface area contributed by atoms with Gasteiger partial charge in [-0.2, -0.15) is 13.2 Å². The first kappa shape index (κ1) is 13.3. The van der Waals surface area contributed by atoms with Crippen LogP contribution in [0.5, 0.6) is 0 Å². The van der Waals surface area contributed by atoms with Crippen LogP contribution in [0.3, 0.4) is 0 Å². The summed E-state index contributed by atoms with van der Waals surface area (Å²) in [6, 6.07) is 3.26. The van der Waals surface area contributed by atoms with Crippen molar-refractivity contribution in [3.63, 3.8) is 0 Å². The Kier molecular flexibility index (Phi) is 3.59. The summed E-state index contributed by atoms with van der Waals surface area (Å²) >= 11 is 0. The Hall–Kier alpha value is -1.14. The van der Waals surface area contributed by atoms with Gasteiger partial charge in [0.2, 0.25) is 0 Å². The predicted octanol–water partition coefficient (Wildman–Crippen LogP) is 3.15. The van der Waals surface area contributed by atoms with Crippen molar-refractivity contribution in [1.29, 1.82) is 0 Å². The molecular weight excluding hydrogens is 252 g/mol. The molecule has 0 aromatic heterocycles. The lowest BCUT2D eigenvalue weighted by atomic mass is 10.1. The number of rotatable bonds is 4. The Bertz CT molecular complexity index is 427. The molecule has 1 aliphatic rings. The molecule has 1 aromatic rings. The molecule has 2 atom stereocenters. The molecule has 1 fully saturated rings. The molecule has 6 heteroatoms. The second-order valence-electron chi connectivity index (χ2n) is 4.22. The molecule has 0 bridgehead atoms. The number of aryl methyl sites for hydroxylation is 1. The fraction of sp³-hybridized carbons (Fsp3) is 0.500. The molecule has 1 aromatic carbocycles. The van der Waals surface area contributed by atoms with E-state index in [4.69, 9.17) is 9.47 Å². The molecule has 2 nitrogen and oxygen atoms in total. The standard InChI is InChI=1S/C12H12F4O2/c1-7-4-8(2-3-10(7)13)11(12(14,15)16)18-6-9-5-17-9/h2-4,9,11H,5-6H2,1H3/t9-,11+/m0/s1. The van der Waals surface area contributed by atoms with Gasteiger partial charge in [-0.1, -0.05) is 12.1 Å². The van der Waals surface area contributed by atoms with Gasteiger partial charge in [0.25, 0.3) is 0 Å². The van der Waals surface area contributed by atoms with Crippen LogP contribution in [0.15, 0.2) is 18.2 Å². The number of epoxide rings is 1. The summed E-state index contributed by atoms with van der Waals surface area (Å²) in [7, 11) is 0. The Morgan fingerprint density at radius 1 is 1.44 bits per heavy atom. The second-order valence-corrected chi connectivity index (χ2v) is 4.22. The average molecular weight is 264 g/mol. The fourth-order valence-electron chi connectivity index (χ4n) is 1.58. The van der Waals surface area contributed by atoms with E-state index in [0.29, 0.717) is 6.61 Å². The number of halogens is 4. The van der Waals surface area contributed by atoms with E-state index in [0.717, 1.165) is 18.2 Å². The maximum atomic E-state index is 13.0. The number of alkyl halides is 3. The van der Waals surface area contributed by atoms with Gasteiger partial charge in [-0.15, -0.1) is 0 Å². The molecule has 2 rings (SSSR count). The highest BCUT2D eigenvalue weighted by Gasteiger charge is 2.43. The van der Waals surface area contributed by atoms with E-state index in [-0.39, 0.29) is 23.8 Å². The lowest BCUT2D eigenvalue weighted by Crippen LogP contribution is -2.25. The zero-order valence-electron chi connectivity index (χ0n) is 9.63. The molecule has 18 heavy (non-hydrogen) atoms. The molecular formula is C12H12F4O2. The molecule has 0 N–H and O–H groups in total. The Labute approximate surface area is 102 Å². The van der Waals surface area contributed by atoms with Gasteiger partial charge in [0.1, 0.15) is 11.9 Å². The Morgan fingerprint density at radius 2 is 2.11 bits per heavy atom. The molecule has 100 valence electrons. The fourth-order valence-corrected chi connectivity index (χ4v) is 1.58. The van der Waals surface area contributed by atoms with Crippen LogP contribution in [0.1, 0.15) is 17.2 Å².